The number of aryl methyl sites for hydroxylation is 1. The normalized spacial score (nSPS) is 15.0. The summed E-state index contributed by atoms with van der Waals surface area (Å²) in [7, 11) is 0. The van der Waals surface area contributed by atoms with Crippen molar-refractivity contribution in [2.45, 2.75) is 13.1 Å². The van der Waals surface area contributed by atoms with E-state index in [4.69, 9.17) is 11.6 Å². The molecule has 0 atom stereocenters. The Morgan fingerprint density at radius 2 is 1.85 bits per heavy atom. The van der Waals surface area contributed by atoms with Crippen molar-refractivity contribution in [1.29, 1.82) is 0 Å². The number of halogens is 4. The minimum atomic E-state index is -4.47. The highest BCUT2D eigenvalue weighted by Gasteiger charge is 2.31. The lowest BCUT2D eigenvalue weighted by Gasteiger charge is -2.32. The molecule has 0 unspecified atom stereocenters. The lowest BCUT2D eigenvalue weighted by Crippen LogP contribution is -2.46. The predicted octanol–water partition coefficient (Wildman–Crippen LogP) is 3.48. The summed E-state index contributed by atoms with van der Waals surface area (Å²) in [5.41, 5.74) is -0.0323. The summed E-state index contributed by atoms with van der Waals surface area (Å²) in [5.74, 6) is 0.794. The Kier molecular flexibility index (Phi) is 5.41. The molecule has 0 spiro atoms. The molecule has 1 saturated heterocycles. The summed E-state index contributed by atoms with van der Waals surface area (Å²) in [6.07, 6.45) is -3.66. The monoisotopic (exact) mass is 399 g/mol. The number of carbonyl (C=O) groups excluding carboxylic acids is 1. The number of amides is 1. The van der Waals surface area contributed by atoms with Gasteiger partial charge in [-0.05, 0) is 25.1 Å². The van der Waals surface area contributed by atoms with Gasteiger partial charge in [-0.15, -0.1) is 0 Å². The Bertz CT molecular complexity index is 838. The van der Waals surface area contributed by atoms with Crippen LogP contribution in [0.5, 0.6) is 0 Å². The van der Waals surface area contributed by atoms with Crippen molar-refractivity contribution in [3.8, 4) is 0 Å². The topological polar surface area (TPSA) is 61.4 Å². The zero-order chi connectivity index (χ0) is 19.6. The Hall–Kier alpha value is -2.55. The summed E-state index contributed by atoms with van der Waals surface area (Å²) in [6.45, 7) is 4.04. The van der Waals surface area contributed by atoms with Crippen molar-refractivity contribution in [1.82, 2.24) is 14.9 Å². The fourth-order valence-corrected chi connectivity index (χ4v) is 2.89. The quantitative estimate of drug-likeness (QED) is 0.797. The van der Waals surface area contributed by atoms with Crippen molar-refractivity contribution in [3.63, 3.8) is 0 Å². The Balaban J connectivity index is 1.84. The maximum absolute atomic E-state index is 12.9. The number of aromatic nitrogens is 2. The second kappa shape index (κ2) is 7.59. The van der Waals surface area contributed by atoms with Crippen LogP contribution < -0.4 is 10.2 Å². The van der Waals surface area contributed by atoms with Crippen molar-refractivity contribution >= 4 is 35.5 Å². The number of rotatable bonds is 4. The van der Waals surface area contributed by atoms with E-state index in [9.17, 15) is 18.0 Å². The van der Waals surface area contributed by atoms with Gasteiger partial charge in [0.2, 0.25) is 12.4 Å². The molecule has 1 aromatic carbocycles. The van der Waals surface area contributed by atoms with E-state index in [2.05, 4.69) is 15.3 Å². The van der Waals surface area contributed by atoms with Crippen LogP contribution in [0.4, 0.5) is 30.6 Å². The number of carbonyl (C=O) groups is 1. The number of alkyl halides is 3. The van der Waals surface area contributed by atoms with Gasteiger partial charge in [-0.1, -0.05) is 11.6 Å². The molecule has 27 heavy (non-hydrogen) atoms. The summed E-state index contributed by atoms with van der Waals surface area (Å²) in [5, 5.41) is 3.00. The van der Waals surface area contributed by atoms with Gasteiger partial charge in [-0.3, -0.25) is 4.79 Å². The first-order chi connectivity index (χ1) is 12.8. The lowest BCUT2D eigenvalue weighted by molar-refractivity contribution is -0.137. The average Bonchev–Trinajstić information content (AvgIpc) is 2.62. The molecule has 0 bridgehead atoms. The van der Waals surface area contributed by atoms with Crippen molar-refractivity contribution < 1.29 is 18.0 Å². The van der Waals surface area contributed by atoms with Gasteiger partial charge in [0.15, 0.2) is 0 Å². The van der Waals surface area contributed by atoms with E-state index >= 15 is 0 Å². The van der Waals surface area contributed by atoms with Crippen LogP contribution in [0.1, 0.15) is 11.3 Å². The van der Waals surface area contributed by atoms with Crippen LogP contribution in [0.3, 0.4) is 0 Å². The third-order valence-electron chi connectivity index (χ3n) is 4.15. The molecule has 1 amide bonds. The van der Waals surface area contributed by atoms with Gasteiger partial charge in [-0.2, -0.15) is 18.2 Å². The molecule has 6 nitrogen and oxygen atoms in total. The summed E-state index contributed by atoms with van der Waals surface area (Å²) in [4.78, 5) is 23.2. The SMILES string of the molecule is Cc1cc(Nc2cc(C(F)(F)F)ccc2Cl)nc(N2CCN(C=O)CC2)n1. The highest BCUT2D eigenvalue weighted by atomic mass is 35.5. The molecule has 3 rings (SSSR count). The molecule has 1 aliphatic heterocycles. The van der Waals surface area contributed by atoms with Gasteiger partial charge in [0.25, 0.3) is 0 Å². The van der Waals surface area contributed by atoms with Gasteiger partial charge in [0, 0.05) is 37.9 Å². The van der Waals surface area contributed by atoms with Gasteiger partial charge in [0.05, 0.1) is 16.3 Å². The highest BCUT2D eigenvalue weighted by Crippen LogP contribution is 2.35. The first kappa shape index (κ1) is 19.2. The van der Waals surface area contributed by atoms with Crippen LogP contribution in [0.15, 0.2) is 24.3 Å². The molecule has 1 fully saturated rings. The van der Waals surface area contributed by atoms with Crippen LogP contribution in [0.25, 0.3) is 0 Å². The largest absolute Gasteiger partial charge is 0.416 e. The number of piperazine rings is 1. The zero-order valence-electron chi connectivity index (χ0n) is 14.4. The highest BCUT2D eigenvalue weighted by molar-refractivity contribution is 6.33. The van der Waals surface area contributed by atoms with E-state index in [-0.39, 0.29) is 10.7 Å². The maximum atomic E-state index is 12.9. The molecule has 144 valence electrons. The summed E-state index contributed by atoms with van der Waals surface area (Å²) >= 11 is 6.03. The van der Waals surface area contributed by atoms with E-state index in [0.29, 0.717) is 43.6 Å². The molecular weight excluding hydrogens is 383 g/mol. The predicted molar refractivity (Wildman–Crippen MR) is 96.4 cm³/mol. The Morgan fingerprint density at radius 1 is 1.15 bits per heavy atom. The molecule has 10 heteroatoms. The van der Waals surface area contributed by atoms with E-state index in [0.717, 1.165) is 18.5 Å². The van der Waals surface area contributed by atoms with E-state index in [1.807, 2.05) is 4.90 Å². The summed E-state index contributed by atoms with van der Waals surface area (Å²) < 4.78 is 38.8. The van der Waals surface area contributed by atoms with Crippen molar-refractivity contribution in [2.75, 3.05) is 36.4 Å². The van der Waals surface area contributed by atoms with E-state index in [1.165, 1.54) is 6.07 Å². The van der Waals surface area contributed by atoms with Gasteiger partial charge in [0.1, 0.15) is 5.82 Å². The number of nitrogens with zero attached hydrogens (tertiary/aromatic N) is 4. The number of benzene rings is 1. The molecule has 0 aliphatic carbocycles. The third kappa shape index (κ3) is 4.60. The van der Waals surface area contributed by atoms with Crippen molar-refractivity contribution in [3.05, 3.63) is 40.5 Å². The molecule has 1 N–H and O–H groups in total. The number of nitrogens with one attached hydrogen (secondary N) is 1. The van der Waals surface area contributed by atoms with Gasteiger partial charge < -0.3 is 15.1 Å². The average molecular weight is 400 g/mol. The minimum Gasteiger partial charge on any atom is -0.342 e. The minimum absolute atomic E-state index is 0.112. The number of anilines is 3. The Morgan fingerprint density at radius 3 is 2.48 bits per heavy atom. The molecule has 2 aromatic rings. The second-order valence-corrected chi connectivity index (χ2v) is 6.55. The van der Waals surface area contributed by atoms with Crippen LogP contribution in [0.2, 0.25) is 5.02 Å². The third-order valence-corrected chi connectivity index (χ3v) is 4.47. The number of hydrogen-bond acceptors (Lipinski definition) is 5. The molecule has 1 aliphatic rings. The van der Waals surface area contributed by atoms with Crippen LogP contribution >= 0.6 is 11.6 Å². The second-order valence-electron chi connectivity index (χ2n) is 6.14. The van der Waals surface area contributed by atoms with Crippen LogP contribution in [0, 0.1) is 6.92 Å². The molecule has 1 aromatic heterocycles. The first-order valence-corrected chi connectivity index (χ1v) is 8.58. The van der Waals surface area contributed by atoms with Gasteiger partial charge in [-0.25, -0.2) is 4.98 Å². The van der Waals surface area contributed by atoms with E-state index in [1.54, 1.807) is 17.9 Å². The van der Waals surface area contributed by atoms with E-state index < -0.39 is 11.7 Å². The summed E-state index contributed by atoms with van der Waals surface area (Å²) in [6, 6.07) is 4.70. The van der Waals surface area contributed by atoms with Crippen molar-refractivity contribution in [2.24, 2.45) is 0 Å². The van der Waals surface area contributed by atoms with Gasteiger partial charge >= 0.3 is 6.18 Å². The van der Waals surface area contributed by atoms with Crippen LogP contribution in [-0.4, -0.2) is 47.5 Å². The fourth-order valence-electron chi connectivity index (χ4n) is 2.72. The molecule has 0 radical (unpaired) electrons. The van der Waals surface area contributed by atoms with Crippen LogP contribution in [-0.2, 0) is 11.0 Å². The molecule has 2 heterocycles. The lowest BCUT2D eigenvalue weighted by atomic mass is 10.2. The first-order valence-electron chi connectivity index (χ1n) is 8.20. The molecular formula is C17H17ClF3N5O. The maximum Gasteiger partial charge on any atom is 0.416 e. The number of hydrogen-bond donors (Lipinski definition) is 1. The zero-order valence-corrected chi connectivity index (χ0v) is 15.2. The fraction of sp³-hybridized carbons (Fsp3) is 0.353. The smallest absolute Gasteiger partial charge is 0.342 e. The molecule has 0 saturated carbocycles. The standard InChI is InChI=1S/C17H17ClF3N5O/c1-11-8-15(23-14-9-12(17(19,20)21)2-3-13(14)18)24-16(22-11)26-6-4-25(10-27)5-7-26/h2-3,8-10H,4-7H2,1H3,(H,22,23,24). The Labute approximate surface area is 159 Å².